The number of carbonyl (C=O) groups is 3. The molecule has 0 aliphatic carbocycles. The smallest absolute Gasteiger partial charge is 0.286 e. The molecule has 3 rings (SSSR count). The van der Waals surface area contributed by atoms with Gasteiger partial charge in [0.2, 0.25) is 11.8 Å². The van der Waals surface area contributed by atoms with Crippen LogP contribution < -0.4 is 14.8 Å². The maximum absolute atomic E-state index is 12.3. The van der Waals surface area contributed by atoms with Gasteiger partial charge in [0.25, 0.3) is 5.24 Å². The van der Waals surface area contributed by atoms with Crippen molar-refractivity contribution in [3.8, 4) is 11.5 Å². The number of imide groups is 1. The van der Waals surface area contributed by atoms with E-state index in [1.54, 1.807) is 12.0 Å². The highest BCUT2D eigenvalue weighted by Crippen LogP contribution is 2.26. The highest BCUT2D eigenvalue weighted by atomic mass is 32.2. The molecule has 2 aliphatic heterocycles. The molecule has 2 aliphatic rings. The molecule has 2 saturated heterocycles. The number of benzene rings is 1. The normalized spacial score (nSPS) is 20.5. The fourth-order valence-electron chi connectivity index (χ4n) is 3.06. The van der Waals surface area contributed by atoms with E-state index in [4.69, 9.17) is 9.47 Å². The number of rotatable bonds is 7. The summed E-state index contributed by atoms with van der Waals surface area (Å²) in [5, 5.41) is 1.23. The molecule has 9 heteroatoms. The Bertz CT molecular complexity index is 706. The predicted octanol–water partition coefficient (Wildman–Crippen LogP) is 0.960. The van der Waals surface area contributed by atoms with E-state index >= 15 is 0 Å². The monoisotopic (exact) mass is 393 g/mol. The van der Waals surface area contributed by atoms with Gasteiger partial charge in [0.1, 0.15) is 11.9 Å². The summed E-state index contributed by atoms with van der Waals surface area (Å²) in [6.07, 6.45) is 0.0686. The Hall–Kier alpha value is -2.26. The van der Waals surface area contributed by atoms with Gasteiger partial charge in [-0.15, -0.1) is 0 Å². The number of nitrogens with one attached hydrogen (secondary N) is 1. The third kappa shape index (κ3) is 5.14. The van der Waals surface area contributed by atoms with Crippen molar-refractivity contribution in [2.45, 2.75) is 11.7 Å². The van der Waals surface area contributed by atoms with Gasteiger partial charge in [-0.2, -0.15) is 0 Å². The molecule has 27 heavy (non-hydrogen) atoms. The average molecular weight is 393 g/mol. The lowest BCUT2D eigenvalue weighted by molar-refractivity contribution is -0.134. The van der Waals surface area contributed by atoms with E-state index in [0.717, 1.165) is 37.1 Å². The highest BCUT2D eigenvalue weighted by molar-refractivity contribution is 8.15. The topological polar surface area (TPSA) is 88.2 Å². The molecule has 2 heterocycles. The number of ether oxygens (including phenoxy) is 2. The van der Waals surface area contributed by atoms with Crippen LogP contribution >= 0.6 is 11.8 Å². The molecule has 1 atom stereocenters. The molecule has 1 N–H and O–H groups in total. The molecule has 0 bridgehead atoms. The Labute approximate surface area is 162 Å². The molecular formula is C18H23N3O5S. The number of piperazine rings is 1. The standard InChI is InChI=1S/C18H23N3O5S/c1-25-13-4-2-3-5-14(13)26-11-10-20-6-8-21(9-7-20)16(22)12-15-17(23)19-18(24)27-15/h2-5,15H,6-12H2,1H3,(H,19,23,24). The van der Waals surface area contributed by atoms with E-state index in [9.17, 15) is 14.4 Å². The van der Waals surface area contributed by atoms with Crippen LogP contribution in [0.5, 0.6) is 11.5 Å². The maximum atomic E-state index is 12.3. The van der Waals surface area contributed by atoms with Crippen LogP contribution in [0.3, 0.4) is 0 Å². The van der Waals surface area contributed by atoms with E-state index in [0.29, 0.717) is 25.4 Å². The first kappa shape index (κ1) is 19.5. The molecular weight excluding hydrogens is 370 g/mol. The molecule has 8 nitrogen and oxygen atoms in total. The maximum Gasteiger partial charge on any atom is 0.286 e. The van der Waals surface area contributed by atoms with E-state index in [2.05, 4.69) is 10.2 Å². The predicted molar refractivity (Wildman–Crippen MR) is 101 cm³/mol. The van der Waals surface area contributed by atoms with Gasteiger partial charge in [0.05, 0.1) is 7.11 Å². The third-order valence-electron chi connectivity index (χ3n) is 4.59. The van der Waals surface area contributed by atoms with Crippen LogP contribution in [0.2, 0.25) is 0 Å². The molecule has 3 amide bonds. The van der Waals surface area contributed by atoms with Crippen molar-refractivity contribution < 1.29 is 23.9 Å². The van der Waals surface area contributed by atoms with E-state index in [1.165, 1.54) is 0 Å². The molecule has 0 spiro atoms. The Morgan fingerprint density at radius 2 is 1.89 bits per heavy atom. The fraction of sp³-hybridized carbons (Fsp3) is 0.500. The zero-order chi connectivity index (χ0) is 19.2. The number of methoxy groups -OCH3 is 1. The van der Waals surface area contributed by atoms with Crippen molar-refractivity contribution in [1.82, 2.24) is 15.1 Å². The SMILES string of the molecule is COc1ccccc1OCCN1CCN(C(=O)CC2SC(=O)NC2=O)CC1. The van der Waals surface area contributed by atoms with Crippen molar-refractivity contribution in [2.24, 2.45) is 0 Å². The molecule has 0 aromatic heterocycles. The van der Waals surface area contributed by atoms with Crippen LogP contribution in [0.4, 0.5) is 4.79 Å². The van der Waals surface area contributed by atoms with Gasteiger partial charge in [0.15, 0.2) is 11.5 Å². The molecule has 146 valence electrons. The fourth-order valence-corrected chi connectivity index (χ4v) is 3.87. The first-order chi connectivity index (χ1) is 13.1. The second-order valence-corrected chi connectivity index (χ2v) is 7.48. The van der Waals surface area contributed by atoms with Crippen LogP contribution in [0, 0.1) is 0 Å². The number of para-hydroxylation sites is 2. The summed E-state index contributed by atoms with van der Waals surface area (Å²) in [5.74, 6) is 0.976. The number of nitrogens with zero attached hydrogens (tertiary/aromatic N) is 2. The lowest BCUT2D eigenvalue weighted by atomic mass is 10.2. The zero-order valence-electron chi connectivity index (χ0n) is 15.2. The van der Waals surface area contributed by atoms with E-state index in [-0.39, 0.29) is 23.5 Å². The summed E-state index contributed by atoms with van der Waals surface area (Å²) >= 11 is 0.894. The largest absolute Gasteiger partial charge is 0.493 e. The molecule has 1 aromatic carbocycles. The van der Waals surface area contributed by atoms with Crippen molar-refractivity contribution in [2.75, 3.05) is 46.4 Å². The molecule has 1 unspecified atom stereocenters. The minimum atomic E-state index is -0.600. The Kier molecular flexibility index (Phi) is 6.57. The van der Waals surface area contributed by atoms with Gasteiger partial charge in [-0.25, -0.2) is 0 Å². The minimum Gasteiger partial charge on any atom is -0.493 e. The molecule has 0 saturated carbocycles. The van der Waals surface area contributed by atoms with E-state index < -0.39 is 5.25 Å². The summed E-state index contributed by atoms with van der Waals surface area (Å²) in [4.78, 5) is 39.1. The number of carbonyl (C=O) groups excluding carboxylic acids is 3. The van der Waals surface area contributed by atoms with Gasteiger partial charge in [-0.05, 0) is 12.1 Å². The van der Waals surface area contributed by atoms with Crippen molar-refractivity contribution >= 4 is 28.8 Å². The second-order valence-electron chi connectivity index (χ2n) is 6.31. The first-order valence-electron chi connectivity index (χ1n) is 8.84. The van der Waals surface area contributed by atoms with Gasteiger partial charge < -0.3 is 14.4 Å². The number of thioether (sulfide) groups is 1. The van der Waals surface area contributed by atoms with Gasteiger partial charge in [-0.3, -0.25) is 24.6 Å². The second kappa shape index (κ2) is 9.09. The van der Waals surface area contributed by atoms with Crippen molar-refractivity contribution in [1.29, 1.82) is 0 Å². The van der Waals surface area contributed by atoms with Crippen LogP contribution in [-0.2, 0) is 9.59 Å². The molecule has 2 fully saturated rings. The van der Waals surface area contributed by atoms with Crippen LogP contribution in [0.15, 0.2) is 24.3 Å². The lowest BCUT2D eigenvalue weighted by Crippen LogP contribution is -2.50. The number of hydrogen-bond acceptors (Lipinski definition) is 7. The van der Waals surface area contributed by atoms with Crippen molar-refractivity contribution in [3.05, 3.63) is 24.3 Å². The Balaban J connectivity index is 1.38. The molecule has 1 aromatic rings. The van der Waals surface area contributed by atoms with Crippen molar-refractivity contribution in [3.63, 3.8) is 0 Å². The Morgan fingerprint density at radius 1 is 1.19 bits per heavy atom. The summed E-state index contributed by atoms with van der Waals surface area (Å²) in [5.41, 5.74) is 0. The summed E-state index contributed by atoms with van der Waals surface area (Å²) < 4.78 is 11.1. The lowest BCUT2D eigenvalue weighted by Gasteiger charge is -2.34. The average Bonchev–Trinajstić information content (AvgIpc) is 2.99. The molecule has 0 radical (unpaired) electrons. The summed E-state index contributed by atoms with van der Waals surface area (Å²) in [7, 11) is 1.61. The summed E-state index contributed by atoms with van der Waals surface area (Å²) in [6, 6.07) is 7.53. The number of amides is 3. The zero-order valence-corrected chi connectivity index (χ0v) is 16.0. The van der Waals surface area contributed by atoms with Gasteiger partial charge in [-0.1, -0.05) is 23.9 Å². The van der Waals surface area contributed by atoms with Gasteiger partial charge >= 0.3 is 0 Å². The van der Waals surface area contributed by atoms with E-state index in [1.807, 2.05) is 24.3 Å². The minimum absolute atomic E-state index is 0.0686. The van der Waals surface area contributed by atoms with Crippen LogP contribution in [-0.4, -0.2) is 78.5 Å². The number of hydrogen-bond donors (Lipinski definition) is 1. The third-order valence-corrected chi connectivity index (χ3v) is 5.57. The summed E-state index contributed by atoms with van der Waals surface area (Å²) in [6.45, 7) is 4.03. The first-order valence-corrected chi connectivity index (χ1v) is 9.72. The Morgan fingerprint density at radius 3 is 2.52 bits per heavy atom. The van der Waals surface area contributed by atoms with Crippen LogP contribution in [0.1, 0.15) is 6.42 Å². The van der Waals surface area contributed by atoms with Gasteiger partial charge in [0, 0.05) is 39.1 Å². The van der Waals surface area contributed by atoms with Crippen LogP contribution in [0.25, 0.3) is 0 Å². The quantitative estimate of drug-likeness (QED) is 0.738. The highest BCUT2D eigenvalue weighted by Gasteiger charge is 2.34.